The van der Waals surface area contributed by atoms with Crippen molar-refractivity contribution < 1.29 is 54.7 Å². The zero-order valence-corrected chi connectivity index (χ0v) is 16.9. The molecule has 12 heteroatoms. The van der Waals surface area contributed by atoms with Crippen LogP contribution in [0.1, 0.15) is 6.92 Å². The van der Waals surface area contributed by atoms with E-state index in [1.807, 2.05) is 0 Å². The topological polar surface area (TPSA) is 211 Å². The Morgan fingerprint density at radius 2 is 1.48 bits per heavy atom. The number of phenols is 5. The van der Waals surface area contributed by atoms with Crippen LogP contribution in [0.2, 0.25) is 0 Å². The fourth-order valence-corrected chi connectivity index (χ4v) is 3.53. The van der Waals surface area contributed by atoms with Gasteiger partial charge in [-0.15, -0.1) is 0 Å². The fraction of sp³-hybridized carbons (Fsp3) is 0.286. The second-order valence-corrected chi connectivity index (χ2v) is 7.59. The Hall–Kier alpha value is -3.71. The smallest absolute Gasteiger partial charge is 0.239 e. The number of hydrogen-bond acceptors (Lipinski definition) is 12. The van der Waals surface area contributed by atoms with Gasteiger partial charge in [-0.3, -0.25) is 4.79 Å². The van der Waals surface area contributed by atoms with Gasteiger partial charge in [0.2, 0.25) is 17.5 Å². The van der Waals surface area contributed by atoms with Crippen molar-refractivity contribution in [2.75, 3.05) is 0 Å². The van der Waals surface area contributed by atoms with Crippen molar-refractivity contribution in [1.82, 2.24) is 0 Å². The number of aliphatic hydroxyl groups is 3. The lowest BCUT2D eigenvalue weighted by Crippen LogP contribution is -2.58. The van der Waals surface area contributed by atoms with Crippen molar-refractivity contribution in [2.45, 2.75) is 37.6 Å². The molecule has 33 heavy (non-hydrogen) atoms. The maximum Gasteiger partial charge on any atom is 0.239 e. The van der Waals surface area contributed by atoms with E-state index in [9.17, 15) is 45.6 Å². The van der Waals surface area contributed by atoms with E-state index in [-0.39, 0.29) is 11.1 Å². The molecule has 8 N–H and O–H groups in total. The van der Waals surface area contributed by atoms with Crippen LogP contribution in [0.25, 0.3) is 22.3 Å². The van der Waals surface area contributed by atoms with Crippen LogP contribution in [0.15, 0.2) is 33.5 Å². The molecule has 1 aromatic heterocycles. The SMILES string of the molecule is C[C@@H]1O[C@@H](Oc2c(-c3cc(O)c(O)c(O)c3)oc3cc(O)cc(O)c3c2=O)[C@H](O)[C@H](O)C1O. The summed E-state index contributed by atoms with van der Waals surface area (Å²) in [7, 11) is 0. The Labute approximate surface area is 184 Å². The van der Waals surface area contributed by atoms with E-state index < -0.39 is 81.8 Å². The number of benzene rings is 2. The second-order valence-electron chi connectivity index (χ2n) is 7.59. The van der Waals surface area contributed by atoms with E-state index in [1.165, 1.54) is 6.92 Å². The lowest BCUT2D eigenvalue weighted by atomic mass is 10.00. The van der Waals surface area contributed by atoms with Gasteiger partial charge in [0.1, 0.15) is 40.8 Å². The van der Waals surface area contributed by atoms with Gasteiger partial charge in [-0.25, -0.2) is 0 Å². The highest BCUT2D eigenvalue weighted by molar-refractivity contribution is 5.88. The van der Waals surface area contributed by atoms with E-state index in [1.54, 1.807) is 0 Å². The van der Waals surface area contributed by atoms with Gasteiger partial charge in [0.05, 0.1) is 6.10 Å². The zero-order valence-electron chi connectivity index (χ0n) is 16.9. The highest BCUT2D eigenvalue weighted by Crippen LogP contribution is 2.43. The van der Waals surface area contributed by atoms with Crippen LogP contribution < -0.4 is 10.2 Å². The predicted octanol–water partition coefficient (Wildman–Crippen LogP) is 0.194. The molecule has 2 aromatic carbocycles. The fourth-order valence-electron chi connectivity index (χ4n) is 3.53. The average Bonchev–Trinajstić information content (AvgIpc) is 2.74. The maximum absolute atomic E-state index is 13.2. The van der Waals surface area contributed by atoms with Crippen molar-refractivity contribution in [1.29, 1.82) is 0 Å². The van der Waals surface area contributed by atoms with Gasteiger partial charge in [0, 0.05) is 17.7 Å². The number of rotatable bonds is 3. The first kappa shape index (κ1) is 22.5. The summed E-state index contributed by atoms with van der Waals surface area (Å²) in [5.41, 5.74) is -1.45. The molecule has 0 saturated carbocycles. The van der Waals surface area contributed by atoms with Gasteiger partial charge in [-0.2, -0.15) is 0 Å². The molecule has 0 radical (unpaired) electrons. The summed E-state index contributed by atoms with van der Waals surface area (Å²) < 4.78 is 16.5. The van der Waals surface area contributed by atoms with Gasteiger partial charge >= 0.3 is 0 Å². The number of aromatic hydroxyl groups is 5. The van der Waals surface area contributed by atoms with Crippen LogP contribution in [0, 0.1) is 0 Å². The maximum atomic E-state index is 13.2. The Balaban J connectivity index is 1.95. The molecule has 0 amide bonds. The molecule has 1 unspecified atom stereocenters. The van der Waals surface area contributed by atoms with E-state index >= 15 is 0 Å². The van der Waals surface area contributed by atoms with Crippen LogP contribution in [0.3, 0.4) is 0 Å². The molecule has 1 saturated heterocycles. The third-order valence-corrected chi connectivity index (χ3v) is 5.29. The monoisotopic (exact) mass is 464 g/mol. The van der Waals surface area contributed by atoms with Crippen molar-refractivity contribution in [3.05, 3.63) is 34.5 Å². The molecular weight excluding hydrogens is 444 g/mol. The van der Waals surface area contributed by atoms with Gasteiger partial charge in [-0.1, -0.05) is 0 Å². The molecule has 12 nitrogen and oxygen atoms in total. The first-order valence-electron chi connectivity index (χ1n) is 9.64. The normalized spacial score (nSPS) is 25.3. The average molecular weight is 464 g/mol. The molecule has 1 fully saturated rings. The molecule has 1 aliphatic rings. The van der Waals surface area contributed by atoms with Crippen molar-refractivity contribution in [3.63, 3.8) is 0 Å². The Morgan fingerprint density at radius 1 is 0.848 bits per heavy atom. The van der Waals surface area contributed by atoms with Crippen LogP contribution in [-0.2, 0) is 4.74 Å². The van der Waals surface area contributed by atoms with E-state index in [0.717, 1.165) is 24.3 Å². The first-order valence-corrected chi connectivity index (χ1v) is 9.64. The van der Waals surface area contributed by atoms with Crippen LogP contribution in [0.5, 0.6) is 34.5 Å². The number of phenolic OH excluding ortho intramolecular Hbond substituents is 5. The molecule has 1 aliphatic heterocycles. The summed E-state index contributed by atoms with van der Waals surface area (Å²) in [6.45, 7) is 1.39. The number of hydrogen-bond donors (Lipinski definition) is 8. The summed E-state index contributed by atoms with van der Waals surface area (Å²) in [4.78, 5) is 13.2. The summed E-state index contributed by atoms with van der Waals surface area (Å²) in [6.07, 6.45) is -7.59. The summed E-state index contributed by atoms with van der Waals surface area (Å²) in [6, 6.07) is 3.79. The Kier molecular flexibility index (Phi) is 5.46. The molecule has 0 aliphatic carbocycles. The van der Waals surface area contributed by atoms with E-state index in [2.05, 4.69) is 0 Å². The van der Waals surface area contributed by atoms with Gasteiger partial charge in [0.15, 0.2) is 23.0 Å². The third-order valence-electron chi connectivity index (χ3n) is 5.29. The minimum Gasteiger partial charge on any atom is -0.508 e. The molecule has 2 heterocycles. The minimum atomic E-state index is -1.80. The van der Waals surface area contributed by atoms with Crippen molar-refractivity contribution in [3.8, 4) is 45.8 Å². The van der Waals surface area contributed by atoms with Gasteiger partial charge in [0.25, 0.3) is 0 Å². The molecule has 4 rings (SSSR count). The quantitative estimate of drug-likeness (QED) is 0.244. The van der Waals surface area contributed by atoms with Gasteiger partial charge < -0.3 is 54.7 Å². The van der Waals surface area contributed by atoms with Crippen LogP contribution in [-0.4, -0.2) is 71.6 Å². The largest absolute Gasteiger partial charge is 0.508 e. The lowest BCUT2D eigenvalue weighted by Gasteiger charge is -2.38. The highest BCUT2D eigenvalue weighted by atomic mass is 16.7. The minimum absolute atomic E-state index is 0.168. The standard InChI is InChI=1S/C21H20O12/c1-6-14(26)17(29)18(30)21(31-6)33-20-16(28)13-9(23)4-8(22)5-12(13)32-19(20)7-2-10(24)15(27)11(25)3-7/h2-6,14,17-18,21-27,29-30H,1H3/t6-,14?,17+,18+,21-/m0/s1. The molecular formula is C21H20O12. The summed E-state index contributed by atoms with van der Waals surface area (Å²) >= 11 is 0. The van der Waals surface area contributed by atoms with E-state index in [4.69, 9.17) is 13.9 Å². The summed E-state index contributed by atoms with van der Waals surface area (Å²) in [5.74, 6) is -4.55. The zero-order chi connectivity index (χ0) is 24.2. The molecule has 5 atom stereocenters. The summed E-state index contributed by atoms with van der Waals surface area (Å²) in [5, 5.41) is 79.1. The first-order chi connectivity index (χ1) is 15.5. The Morgan fingerprint density at radius 3 is 2.12 bits per heavy atom. The van der Waals surface area contributed by atoms with Crippen LogP contribution in [0.4, 0.5) is 0 Å². The second kappa shape index (κ2) is 8.01. The van der Waals surface area contributed by atoms with Crippen molar-refractivity contribution >= 4 is 11.0 Å². The number of ether oxygens (including phenoxy) is 2. The predicted molar refractivity (Wildman–Crippen MR) is 109 cm³/mol. The number of fused-ring (bicyclic) bond motifs is 1. The van der Waals surface area contributed by atoms with Crippen LogP contribution >= 0.6 is 0 Å². The number of aliphatic hydroxyl groups excluding tert-OH is 3. The Bertz CT molecular complexity index is 1260. The third kappa shape index (κ3) is 3.74. The molecule has 176 valence electrons. The van der Waals surface area contributed by atoms with Gasteiger partial charge in [-0.05, 0) is 19.1 Å². The molecule has 0 bridgehead atoms. The molecule has 3 aromatic rings. The van der Waals surface area contributed by atoms with E-state index in [0.29, 0.717) is 0 Å². The highest BCUT2D eigenvalue weighted by Gasteiger charge is 2.44. The lowest BCUT2D eigenvalue weighted by molar-refractivity contribution is -0.268. The molecule has 0 spiro atoms. The van der Waals surface area contributed by atoms with Crippen molar-refractivity contribution in [2.24, 2.45) is 0 Å².